The summed E-state index contributed by atoms with van der Waals surface area (Å²) >= 11 is 0. The summed E-state index contributed by atoms with van der Waals surface area (Å²) in [7, 11) is 0. The van der Waals surface area contributed by atoms with Crippen molar-refractivity contribution >= 4 is 0 Å². The molecule has 0 aliphatic rings. The van der Waals surface area contributed by atoms with Gasteiger partial charge in [0.05, 0.1) is 5.69 Å². The van der Waals surface area contributed by atoms with E-state index in [1.807, 2.05) is 34.6 Å². The van der Waals surface area contributed by atoms with Crippen LogP contribution in [-0.2, 0) is 0 Å². The number of nitrogens with one attached hydrogen (secondary N) is 1. The Kier molecular flexibility index (Phi) is 9.94. The summed E-state index contributed by atoms with van der Waals surface area (Å²) in [5.74, 6) is 0. The van der Waals surface area contributed by atoms with Gasteiger partial charge in [0.2, 0.25) is 0 Å². The first-order chi connectivity index (χ1) is 6.20. The smallest absolute Gasteiger partial charge is 0.267 e. The second kappa shape index (κ2) is 8.97. The summed E-state index contributed by atoms with van der Waals surface area (Å²) < 4.78 is 0. The summed E-state index contributed by atoms with van der Waals surface area (Å²) in [5.41, 5.74) is 1.44. The van der Waals surface area contributed by atoms with Crippen molar-refractivity contribution in [2.45, 2.75) is 41.5 Å². The van der Waals surface area contributed by atoms with Gasteiger partial charge in [0.25, 0.3) is 5.56 Å². The standard InChI is InChI=1S/C6H8N2O.2C2H6.H2/c1-4-3-5(2)7-8-6(4)9;2*1-2;/h3H,1-2H3,(H,8,9);2*1-2H3;1H. The van der Waals surface area contributed by atoms with Crippen LogP contribution >= 0.6 is 0 Å². The van der Waals surface area contributed by atoms with Gasteiger partial charge in [-0.1, -0.05) is 27.7 Å². The fourth-order valence-corrected chi connectivity index (χ4v) is 0.638. The number of rotatable bonds is 0. The number of aryl methyl sites for hydroxylation is 2. The van der Waals surface area contributed by atoms with Gasteiger partial charge in [0, 0.05) is 6.99 Å². The van der Waals surface area contributed by atoms with Crippen molar-refractivity contribution in [2.75, 3.05) is 0 Å². The predicted octanol–water partition coefficient (Wildman–Crippen LogP) is 2.69. The van der Waals surface area contributed by atoms with E-state index in [2.05, 4.69) is 10.2 Å². The van der Waals surface area contributed by atoms with E-state index in [1.165, 1.54) is 0 Å². The van der Waals surface area contributed by atoms with Crippen LogP contribution in [0.3, 0.4) is 0 Å². The molecule has 0 saturated carbocycles. The lowest BCUT2D eigenvalue weighted by atomic mass is 10.3. The van der Waals surface area contributed by atoms with Crippen LogP contribution < -0.4 is 5.56 Å². The van der Waals surface area contributed by atoms with E-state index >= 15 is 0 Å². The maximum absolute atomic E-state index is 10.7. The molecule has 1 aromatic rings. The molecule has 0 unspecified atom stereocenters. The van der Waals surface area contributed by atoms with Crippen molar-refractivity contribution < 1.29 is 1.43 Å². The van der Waals surface area contributed by atoms with E-state index in [0.717, 1.165) is 5.69 Å². The molecule has 0 atom stereocenters. The van der Waals surface area contributed by atoms with E-state index < -0.39 is 0 Å². The molecule has 78 valence electrons. The van der Waals surface area contributed by atoms with Crippen molar-refractivity contribution in [3.8, 4) is 0 Å². The zero-order valence-corrected chi connectivity index (χ0v) is 9.43. The van der Waals surface area contributed by atoms with Crippen LogP contribution in [0.4, 0.5) is 0 Å². The Hall–Kier alpha value is -1.12. The zero-order valence-electron chi connectivity index (χ0n) is 9.43. The first-order valence-corrected chi connectivity index (χ1v) is 4.73. The quantitative estimate of drug-likeness (QED) is 0.677. The van der Waals surface area contributed by atoms with E-state index in [-0.39, 0.29) is 6.99 Å². The van der Waals surface area contributed by atoms with Crippen LogP contribution in [0.2, 0.25) is 0 Å². The lowest BCUT2D eigenvalue weighted by Crippen LogP contribution is -2.11. The molecule has 1 rings (SSSR count). The molecule has 1 N–H and O–H groups in total. The highest BCUT2D eigenvalue weighted by Crippen LogP contribution is 1.88. The van der Waals surface area contributed by atoms with E-state index in [9.17, 15) is 4.79 Å². The van der Waals surface area contributed by atoms with Gasteiger partial charge in [-0.2, -0.15) is 5.10 Å². The molecular formula is C10H22N2O. The van der Waals surface area contributed by atoms with Crippen LogP contribution in [0.25, 0.3) is 0 Å². The number of aromatic nitrogens is 2. The molecule has 0 aliphatic heterocycles. The van der Waals surface area contributed by atoms with E-state index in [4.69, 9.17) is 0 Å². The molecule has 1 aromatic heterocycles. The lowest BCUT2D eigenvalue weighted by Gasteiger charge is -1.89. The minimum atomic E-state index is -0.111. The second-order valence-electron chi connectivity index (χ2n) is 2.02. The van der Waals surface area contributed by atoms with Crippen molar-refractivity contribution in [1.29, 1.82) is 0 Å². The fourth-order valence-electron chi connectivity index (χ4n) is 0.638. The van der Waals surface area contributed by atoms with E-state index in [0.29, 0.717) is 5.56 Å². The highest BCUT2D eigenvalue weighted by Gasteiger charge is 1.90. The van der Waals surface area contributed by atoms with Crippen molar-refractivity contribution in [1.82, 2.24) is 10.2 Å². The molecule has 3 heteroatoms. The molecule has 0 aromatic carbocycles. The van der Waals surface area contributed by atoms with Crippen LogP contribution in [0.5, 0.6) is 0 Å². The molecule has 0 fully saturated rings. The number of nitrogens with zero attached hydrogens (tertiary/aromatic N) is 1. The molecule has 0 bridgehead atoms. The molecule has 0 saturated heterocycles. The highest BCUT2D eigenvalue weighted by molar-refractivity contribution is 5.08. The number of aromatic amines is 1. The lowest BCUT2D eigenvalue weighted by molar-refractivity contribution is 0.929. The highest BCUT2D eigenvalue weighted by atomic mass is 16.1. The van der Waals surface area contributed by atoms with Gasteiger partial charge in [-0.15, -0.1) is 0 Å². The molecule has 1 heterocycles. The minimum absolute atomic E-state index is 0. The third-order valence-electron chi connectivity index (χ3n) is 1.12. The van der Waals surface area contributed by atoms with Crippen molar-refractivity contribution in [2.24, 2.45) is 0 Å². The Morgan fingerprint density at radius 2 is 1.69 bits per heavy atom. The Balaban J connectivity index is -0.000000216. The largest absolute Gasteiger partial charge is 0.268 e. The van der Waals surface area contributed by atoms with Crippen LogP contribution in [0, 0.1) is 13.8 Å². The zero-order chi connectivity index (χ0) is 10.9. The Bertz CT molecular complexity index is 271. The maximum Gasteiger partial charge on any atom is 0.267 e. The molecule has 0 spiro atoms. The second-order valence-corrected chi connectivity index (χ2v) is 2.02. The summed E-state index contributed by atoms with van der Waals surface area (Å²) in [6, 6.07) is 1.75. The van der Waals surface area contributed by atoms with Gasteiger partial charge < -0.3 is 0 Å². The van der Waals surface area contributed by atoms with Crippen LogP contribution in [0.15, 0.2) is 10.9 Å². The fraction of sp³-hybridized carbons (Fsp3) is 0.600. The summed E-state index contributed by atoms with van der Waals surface area (Å²) in [6.45, 7) is 11.6. The first kappa shape index (κ1) is 14.4. The number of hydrogen-bond acceptors (Lipinski definition) is 2. The molecule has 3 nitrogen and oxygen atoms in total. The molecule has 13 heavy (non-hydrogen) atoms. The van der Waals surface area contributed by atoms with Gasteiger partial charge >= 0.3 is 0 Å². The maximum atomic E-state index is 10.7. The monoisotopic (exact) mass is 186 g/mol. The number of H-pyrrole nitrogens is 1. The van der Waals surface area contributed by atoms with Crippen molar-refractivity contribution in [3.63, 3.8) is 0 Å². The summed E-state index contributed by atoms with van der Waals surface area (Å²) in [6.07, 6.45) is 0. The van der Waals surface area contributed by atoms with Gasteiger partial charge in [0.1, 0.15) is 0 Å². The average Bonchev–Trinajstić information content (AvgIpc) is 2.18. The third kappa shape index (κ3) is 6.08. The SMILES string of the molecule is CC.CC.Cc1cc(C)c(=O)[nH]n1.[HH]. The van der Waals surface area contributed by atoms with Gasteiger partial charge in [-0.05, 0) is 19.9 Å². The molecule has 0 aliphatic carbocycles. The van der Waals surface area contributed by atoms with Crippen LogP contribution in [-0.4, -0.2) is 10.2 Å². The van der Waals surface area contributed by atoms with Gasteiger partial charge in [-0.25, -0.2) is 5.10 Å². The third-order valence-corrected chi connectivity index (χ3v) is 1.12. The van der Waals surface area contributed by atoms with Crippen molar-refractivity contribution in [3.05, 3.63) is 27.7 Å². The molecule has 0 amide bonds. The Morgan fingerprint density at radius 1 is 1.23 bits per heavy atom. The van der Waals surface area contributed by atoms with Crippen LogP contribution in [0.1, 0.15) is 40.4 Å². The molecule has 0 radical (unpaired) electrons. The molecular weight excluding hydrogens is 164 g/mol. The minimum Gasteiger partial charge on any atom is -0.268 e. The average molecular weight is 186 g/mol. The predicted molar refractivity (Wildman–Crippen MR) is 59.1 cm³/mol. The summed E-state index contributed by atoms with van der Waals surface area (Å²) in [4.78, 5) is 10.7. The number of hydrogen-bond donors (Lipinski definition) is 1. The first-order valence-electron chi connectivity index (χ1n) is 4.73. The summed E-state index contributed by atoms with van der Waals surface area (Å²) in [5, 5.41) is 6.06. The van der Waals surface area contributed by atoms with Gasteiger partial charge in [0.15, 0.2) is 0 Å². The van der Waals surface area contributed by atoms with Gasteiger partial charge in [-0.3, -0.25) is 4.79 Å². The van der Waals surface area contributed by atoms with E-state index in [1.54, 1.807) is 13.0 Å². The Morgan fingerprint density at radius 3 is 2.00 bits per heavy atom. The topological polar surface area (TPSA) is 45.8 Å². The Labute approximate surface area is 81.7 Å². The normalized spacial score (nSPS) is 7.54.